The highest BCUT2D eigenvalue weighted by Gasteiger charge is 2.12. The molecule has 16 heavy (non-hydrogen) atoms. The van der Waals surface area contributed by atoms with E-state index in [4.69, 9.17) is 11.6 Å². The molecule has 1 unspecified atom stereocenters. The molecule has 88 valence electrons. The van der Waals surface area contributed by atoms with Gasteiger partial charge in [0, 0.05) is 12.6 Å². The van der Waals surface area contributed by atoms with Crippen LogP contribution in [-0.4, -0.2) is 25.7 Å². The lowest BCUT2D eigenvalue weighted by molar-refractivity contribution is 0.550. The Balaban J connectivity index is 1.78. The maximum atomic E-state index is 12.9. The Kier molecular flexibility index (Phi) is 4.16. The second kappa shape index (κ2) is 5.62. The maximum Gasteiger partial charge on any atom is 0.141 e. The molecule has 0 aliphatic carbocycles. The molecule has 0 amide bonds. The molecule has 0 radical (unpaired) electrons. The van der Waals surface area contributed by atoms with Crippen LogP contribution in [0.1, 0.15) is 12.0 Å². The molecule has 0 aromatic heterocycles. The van der Waals surface area contributed by atoms with E-state index in [1.807, 2.05) is 0 Å². The van der Waals surface area contributed by atoms with Crippen molar-refractivity contribution in [3.05, 3.63) is 34.6 Å². The number of nitrogens with one attached hydrogen (secondary N) is 2. The van der Waals surface area contributed by atoms with Crippen molar-refractivity contribution in [2.75, 3.05) is 19.6 Å². The summed E-state index contributed by atoms with van der Waals surface area (Å²) in [5.41, 5.74) is 1.07. The van der Waals surface area contributed by atoms with E-state index >= 15 is 0 Å². The van der Waals surface area contributed by atoms with Gasteiger partial charge in [0.15, 0.2) is 0 Å². The minimum absolute atomic E-state index is 0.208. The monoisotopic (exact) mass is 242 g/mol. The zero-order valence-electron chi connectivity index (χ0n) is 9.10. The summed E-state index contributed by atoms with van der Waals surface area (Å²) in [4.78, 5) is 0. The largest absolute Gasteiger partial charge is 0.315 e. The van der Waals surface area contributed by atoms with Crippen molar-refractivity contribution in [1.82, 2.24) is 10.6 Å². The van der Waals surface area contributed by atoms with Gasteiger partial charge in [-0.05, 0) is 43.6 Å². The normalized spacial score (nSPS) is 20.2. The van der Waals surface area contributed by atoms with Gasteiger partial charge in [-0.1, -0.05) is 17.7 Å². The van der Waals surface area contributed by atoms with E-state index < -0.39 is 0 Å². The van der Waals surface area contributed by atoms with Gasteiger partial charge in [-0.15, -0.1) is 0 Å². The number of benzene rings is 1. The topological polar surface area (TPSA) is 24.1 Å². The summed E-state index contributed by atoms with van der Waals surface area (Å²) in [6.45, 7) is 3.05. The van der Waals surface area contributed by atoms with Gasteiger partial charge >= 0.3 is 0 Å². The van der Waals surface area contributed by atoms with Crippen LogP contribution >= 0.6 is 11.6 Å². The molecule has 1 aliphatic rings. The zero-order chi connectivity index (χ0) is 11.4. The molecule has 1 aliphatic heterocycles. The molecule has 1 atom stereocenters. The van der Waals surface area contributed by atoms with Crippen LogP contribution in [0.5, 0.6) is 0 Å². The molecule has 1 fully saturated rings. The highest BCUT2D eigenvalue weighted by molar-refractivity contribution is 6.30. The molecule has 1 saturated heterocycles. The molecule has 4 heteroatoms. The van der Waals surface area contributed by atoms with Crippen molar-refractivity contribution in [1.29, 1.82) is 0 Å². The average Bonchev–Trinajstić information content (AvgIpc) is 2.76. The Labute approximate surface area is 100 Å². The fraction of sp³-hybridized carbons (Fsp3) is 0.500. The minimum atomic E-state index is -0.349. The van der Waals surface area contributed by atoms with Crippen LogP contribution in [-0.2, 0) is 6.42 Å². The summed E-state index contributed by atoms with van der Waals surface area (Å²) >= 11 is 5.71. The molecule has 1 heterocycles. The van der Waals surface area contributed by atoms with E-state index in [0.717, 1.165) is 31.6 Å². The average molecular weight is 243 g/mol. The number of halogens is 2. The van der Waals surface area contributed by atoms with Crippen LogP contribution in [0, 0.1) is 5.82 Å². The van der Waals surface area contributed by atoms with Gasteiger partial charge in [-0.3, -0.25) is 0 Å². The van der Waals surface area contributed by atoms with E-state index in [0.29, 0.717) is 6.04 Å². The first-order valence-corrected chi connectivity index (χ1v) is 6.01. The molecule has 0 spiro atoms. The third-order valence-electron chi connectivity index (χ3n) is 2.89. The van der Waals surface area contributed by atoms with Gasteiger partial charge in [0.05, 0.1) is 5.02 Å². The molecular weight excluding hydrogens is 227 g/mol. The fourth-order valence-corrected chi connectivity index (χ4v) is 2.15. The summed E-state index contributed by atoms with van der Waals surface area (Å²) < 4.78 is 12.9. The second-order valence-corrected chi connectivity index (χ2v) is 4.55. The van der Waals surface area contributed by atoms with Crippen molar-refractivity contribution in [3.8, 4) is 0 Å². The summed E-state index contributed by atoms with van der Waals surface area (Å²) in [6, 6.07) is 5.49. The predicted molar refractivity (Wildman–Crippen MR) is 64.4 cm³/mol. The molecular formula is C12H16ClFN2. The van der Waals surface area contributed by atoms with E-state index in [-0.39, 0.29) is 10.8 Å². The van der Waals surface area contributed by atoms with Crippen molar-refractivity contribution in [3.63, 3.8) is 0 Å². The molecule has 2 N–H and O–H groups in total. The number of hydrogen-bond donors (Lipinski definition) is 2. The molecule has 0 saturated carbocycles. The highest BCUT2D eigenvalue weighted by atomic mass is 35.5. The first-order chi connectivity index (χ1) is 7.75. The lowest BCUT2D eigenvalue weighted by Gasteiger charge is -2.10. The third-order valence-corrected chi connectivity index (χ3v) is 3.18. The summed E-state index contributed by atoms with van der Waals surface area (Å²) in [5.74, 6) is -0.349. The SMILES string of the molecule is Fc1ccc(CCNC2CCNC2)cc1Cl. The van der Waals surface area contributed by atoms with Gasteiger partial charge in [0.25, 0.3) is 0 Å². The fourth-order valence-electron chi connectivity index (χ4n) is 1.94. The van der Waals surface area contributed by atoms with E-state index in [9.17, 15) is 4.39 Å². The van der Waals surface area contributed by atoms with Crippen LogP contribution in [0.4, 0.5) is 4.39 Å². The van der Waals surface area contributed by atoms with E-state index in [1.54, 1.807) is 12.1 Å². The molecule has 1 aromatic rings. The zero-order valence-corrected chi connectivity index (χ0v) is 9.86. The van der Waals surface area contributed by atoms with Crippen LogP contribution in [0.25, 0.3) is 0 Å². The third kappa shape index (κ3) is 3.17. The molecule has 0 bridgehead atoms. The Morgan fingerprint density at radius 2 is 2.38 bits per heavy atom. The Bertz CT molecular complexity index is 351. The van der Waals surface area contributed by atoms with Crippen LogP contribution in [0.2, 0.25) is 5.02 Å². The summed E-state index contributed by atoms with van der Waals surface area (Å²) in [5, 5.41) is 6.98. The lowest BCUT2D eigenvalue weighted by Crippen LogP contribution is -2.32. The Morgan fingerprint density at radius 1 is 1.50 bits per heavy atom. The first-order valence-electron chi connectivity index (χ1n) is 5.64. The molecule has 2 nitrogen and oxygen atoms in total. The predicted octanol–water partition coefficient (Wildman–Crippen LogP) is 1.97. The van der Waals surface area contributed by atoms with Crippen molar-refractivity contribution < 1.29 is 4.39 Å². The quantitative estimate of drug-likeness (QED) is 0.844. The second-order valence-electron chi connectivity index (χ2n) is 4.14. The van der Waals surface area contributed by atoms with Gasteiger partial charge in [-0.2, -0.15) is 0 Å². The van der Waals surface area contributed by atoms with Crippen LogP contribution in [0.15, 0.2) is 18.2 Å². The smallest absolute Gasteiger partial charge is 0.141 e. The van der Waals surface area contributed by atoms with Gasteiger partial charge in [0.1, 0.15) is 5.82 Å². The van der Waals surface area contributed by atoms with E-state index in [1.165, 1.54) is 12.5 Å². The van der Waals surface area contributed by atoms with Crippen LogP contribution < -0.4 is 10.6 Å². The van der Waals surface area contributed by atoms with Gasteiger partial charge in [0.2, 0.25) is 0 Å². The number of hydrogen-bond acceptors (Lipinski definition) is 2. The van der Waals surface area contributed by atoms with Crippen molar-refractivity contribution in [2.45, 2.75) is 18.9 Å². The summed E-state index contributed by atoms with van der Waals surface area (Å²) in [6.07, 6.45) is 2.07. The number of rotatable bonds is 4. The lowest BCUT2D eigenvalue weighted by atomic mass is 10.1. The van der Waals surface area contributed by atoms with Gasteiger partial charge < -0.3 is 10.6 Å². The molecule has 2 rings (SSSR count). The summed E-state index contributed by atoms with van der Waals surface area (Å²) in [7, 11) is 0. The standard InChI is InChI=1S/C12H16ClFN2/c13-11-7-9(1-2-12(11)14)3-6-16-10-4-5-15-8-10/h1-2,7,10,15-16H,3-6,8H2. The van der Waals surface area contributed by atoms with Crippen LogP contribution in [0.3, 0.4) is 0 Å². The van der Waals surface area contributed by atoms with Crippen molar-refractivity contribution in [2.24, 2.45) is 0 Å². The Morgan fingerprint density at radius 3 is 3.06 bits per heavy atom. The van der Waals surface area contributed by atoms with E-state index in [2.05, 4.69) is 10.6 Å². The molecule has 1 aromatic carbocycles. The van der Waals surface area contributed by atoms with Crippen molar-refractivity contribution >= 4 is 11.6 Å². The van der Waals surface area contributed by atoms with Gasteiger partial charge in [-0.25, -0.2) is 4.39 Å². The Hall–Kier alpha value is -0.640. The highest BCUT2D eigenvalue weighted by Crippen LogP contribution is 2.16. The minimum Gasteiger partial charge on any atom is -0.315 e. The maximum absolute atomic E-state index is 12.9. The first kappa shape index (κ1) is 11.8.